The number of likely N-dealkylation sites (tertiary alicyclic amines) is 1. The van der Waals surface area contributed by atoms with E-state index in [1.165, 1.54) is 4.90 Å². The van der Waals surface area contributed by atoms with Crippen molar-refractivity contribution < 1.29 is 28.2 Å². The van der Waals surface area contributed by atoms with Crippen LogP contribution in [0.5, 0.6) is 11.5 Å². The molecule has 1 N–H and O–H groups in total. The average molecular weight is 484 g/mol. The number of imide groups is 1. The number of urea groups is 1. The number of amides is 3. The summed E-state index contributed by atoms with van der Waals surface area (Å²) < 4.78 is 22.7. The van der Waals surface area contributed by atoms with Crippen LogP contribution < -0.4 is 14.8 Å². The Morgan fingerprint density at radius 2 is 1.83 bits per heavy atom. The molecule has 9 nitrogen and oxygen atoms in total. The van der Waals surface area contributed by atoms with E-state index in [2.05, 4.69) is 10.2 Å². The molecule has 1 aromatic carbocycles. The molecule has 4 heterocycles. The summed E-state index contributed by atoms with van der Waals surface area (Å²) in [6.07, 6.45) is 1.82. The van der Waals surface area contributed by atoms with Gasteiger partial charge in [-0.2, -0.15) is 0 Å². The van der Waals surface area contributed by atoms with Gasteiger partial charge in [-0.15, -0.1) is 0 Å². The largest absolute Gasteiger partial charge is 0.486 e. The monoisotopic (exact) mass is 483 g/mol. The molecule has 188 valence electrons. The summed E-state index contributed by atoms with van der Waals surface area (Å²) >= 11 is 0. The van der Waals surface area contributed by atoms with E-state index in [0.29, 0.717) is 31.1 Å². The fourth-order valence-corrected chi connectivity index (χ4v) is 5.50. The van der Waals surface area contributed by atoms with Gasteiger partial charge in [-0.3, -0.25) is 14.6 Å². The van der Waals surface area contributed by atoms with E-state index >= 15 is 0 Å². The summed E-state index contributed by atoms with van der Waals surface area (Å²) in [7, 11) is 1.65. The predicted octanol–water partition coefficient (Wildman–Crippen LogP) is 3.18. The van der Waals surface area contributed by atoms with Crippen molar-refractivity contribution in [2.45, 2.75) is 51.0 Å². The molecule has 0 radical (unpaired) electrons. The van der Waals surface area contributed by atoms with Crippen LogP contribution in [0.2, 0.25) is 0 Å². The first-order chi connectivity index (χ1) is 17.0. The van der Waals surface area contributed by atoms with Gasteiger partial charge in [-0.1, -0.05) is 19.1 Å². The van der Waals surface area contributed by atoms with Crippen LogP contribution >= 0.6 is 0 Å². The van der Waals surface area contributed by atoms with Crippen molar-refractivity contribution in [2.75, 3.05) is 33.4 Å². The van der Waals surface area contributed by atoms with Gasteiger partial charge in [0.25, 0.3) is 5.91 Å². The molecule has 0 bridgehead atoms. The molecule has 2 fully saturated rings. The third-order valence-electron chi connectivity index (χ3n) is 7.38. The number of para-hydroxylation sites is 2. The third kappa shape index (κ3) is 4.62. The number of carbonyl (C=O) groups is 2. The Labute approximate surface area is 205 Å². The second-order valence-corrected chi connectivity index (χ2v) is 9.52. The van der Waals surface area contributed by atoms with Crippen molar-refractivity contribution in [2.24, 2.45) is 5.92 Å². The predicted molar refractivity (Wildman–Crippen MR) is 127 cm³/mol. The van der Waals surface area contributed by atoms with Crippen LogP contribution in [0.4, 0.5) is 4.79 Å². The molecule has 3 amide bonds. The van der Waals surface area contributed by atoms with Gasteiger partial charge >= 0.3 is 6.03 Å². The Morgan fingerprint density at radius 3 is 2.57 bits per heavy atom. The van der Waals surface area contributed by atoms with Crippen LogP contribution in [0.1, 0.15) is 37.7 Å². The van der Waals surface area contributed by atoms with E-state index in [1.54, 1.807) is 7.11 Å². The number of nitrogens with one attached hydrogen (secondary N) is 1. The lowest BCUT2D eigenvalue weighted by Gasteiger charge is -2.40. The smallest absolute Gasteiger partial charge is 0.325 e. The number of ether oxygens (including phenoxy) is 3. The topological polar surface area (TPSA) is 93.5 Å². The molecule has 0 saturated carbocycles. The Bertz CT molecular complexity index is 1060. The number of furan rings is 1. The Hall–Kier alpha value is -3.04. The number of hydrogen-bond donors (Lipinski definition) is 1. The van der Waals surface area contributed by atoms with Gasteiger partial charge in [0.15, 0.2) is 17.6 Å². The van der Waals surface area contributed by atoms with Gasteiger partial charge < -0.3 is 23.9 Å². The van der Waals surface area contributed by atoms with Gasteiger partial charge in [0, 0.05) is 7.11 Å². The SMILES string of the molecule is CC[C@]1(C2CCN(Cc3ccc(COC)o3)CC2)NC(=O)N(C[C@@H]2COc3ccccc3O2)C1=O. The molecule has 3 aliphatic rings. The first kappa shape index (κ1) is 23.7. The molecule has 2 aromatic rings. The summed E-state index contributed by atoms with van der Waals surface area (Å²) in [6, 6.07) is 11.0. The summed E-state index contributed by atoms with van der Waals surface area (Å²) in [4.78, 5) is 30.2. The Morgan fingerprint density at radius 1 is 1.09 bits per heavy atom. The van der Waals surface area contributed by atoms with Crippen LogP contribution in [-0.4, -0.2) is 66.7 Å². The van der Waals surface area contributed by atoms with Crippen molar-refractivity contribution in [3.05, 3.63) is 47.9 Å². The van der Waals surface area contributed by atoms with Crippen molar-refractivity contribution >= 4 is 11.9 Å². The van der Waals surface area contributed by atoms with Crippen LogP contribution in [0, 0.1) is 5.92 Å². The molecule has 0 unspecified atom stereocenters. The minimum Gasteiger partial charge on any atom is -0.486 e. The molecule has 3 aliphatic heterocycles. The number of piperidine rings is 1. The lowest BCUT2D eigenvalue weighted by atomic mass is 9.75. The van der Waals surface area contributed by atoms with Gasteiger partial charge in [0.2, 0.25) is 0 Å². The highest BCUT2D eigenvalue weighted by Gasteiger charge is 2.55. The normalized spacial score (nSPS) is 25.2. The zero-order valence-electron chi connectivity index (χ0n) is 20.3. The molecule has 0 spiro atoms. The lowest BCUT2D eigenvalue weighted by Crippen LogP contribution is -2.56. The third-order valence-corrected chi connectivity index (χ3v) is 7.38. The molecule has 1 aromatic heterocycles. The van der Waals surface area contributed by atoms with E-state index in [-0.39, 0.29) is 24.4 Å². The van der Waals surface area contributed by atoms with E-state index < -0.39 is 11.6 Å². The number of fused-ring (bicyclic) bond motifs is 1. The van der Waals surface area contributed by atoms with Crippen molar-refractivity contribution in [1.29, 1.82) is 0 Å². The van der Waals surface area contributed by atoms with Crippen molar-refractivity contribution in [3.8, 4) is 11.5 Å². The van der Waals surface area contributed by atoms with Gasteiger partial charge in [0.05, 0.1) is 13.1 Å². The highest BCUT2D eigenvalue weighted by molar-refractivity contribution is 6.07. The molecule has 35 heavy (non-hydrogen) atoms. The lowest BCUT2D eigenvalue weighted by molar-refractivity contribution is -0.135. The quantitative estimate of drug-likeness (QED) is 0.577. The molecule has 2 saturated heterocycles. The summed E-state index contributed by atoms with van der Waals surface area (Å²) in [6.45, 7) is 5.31. The summed E-state index contributed by atoms with van der Waals surface area (Å²) in [5.74, 6) is 2.97. The van der Waals surface area contributed by atoms with Crippen molar-refractivity contribution in [3.63, 3.8) is 0 Å². The second kappa shape index (κ2) is 9.91. The second-order valence-electron chi connectivity index (χ2n) is 9.52. The van der Waals surface area contributed by atoms with E-state index in [0.717, 1.165) is 44.0 Å². The fraction of sp³-hybridized carbons (Fsp3) is 0.538. The first-order valence-electron chi connectivity index (χ1n) is 12.3. The number of carbonyl (C=O) groups excluding carboxylic acids is 2. The highest BCUT2D eigenvalue weighted by atomic mass is 16.6. The molecule has 5 rings (SSSR count). The Kier molecular flexibility index (Phi) is 6.71. The van der Waals surface area contributed by atoms with E-state index in [9.17, 15) is 9.59 Å². The highest BCUT2D eigenvalue weighted by Crippen LogP contribution is 2.37. The van der Waals surface area contributed by atoms with Gasteiger partial charge in [-0.25, -0.2) is 4.79 Å². The fourth-order valence-electron chi connectivity index (χ4n) is 5.50. The molecule has 2 atom stereocenters. The maximum absolute atomic E-state index is 13.6. The van der Waals surface area contributed by atoms with Crippen LogP contribution in [0.3, 0.4) is 0 Å². The zero-order chi connectivity index (χ0) is 24.4. The maximum Gasteiger partial charge on any atom is 0.325 e. The average Bonchev–Trinajstić information content (AvgIpc) is 3.42. The first-order valence-corrected chi connectivity index (χ1v) is 12.3. The Balaban J connectivity index is 1.20. The van der Waals surface area contributed by atoms with Gasteiger partial charge in [-0.05, 0) is 62.5 Å². The molecule has 0 aliphatic carbocycles. The number of rotatable bonds is 8. The molecular formula is C26H33N3O6. The summed E-state index contributed by atoms with van der Waals surface area (Å²) in [5, 5.41) is 3.07. The molecular weight excluding hydrogens is 450 g/mol. The molecule has 9 heteroatoms. The van der Waals surface area contributed by atoms with Crippen LogP contribution in [-0.2, 0) is 22.7 Å². The zero-order valence-corrected chi connectivity index (χ0v) is 20.3. The number of benzene rings is 1. The van der Waals surface area contributed by atoms with Crippen LogP contribution in [0.15, 0.2) is 40.8 Å². The summed E-state index contributed by atoms with van der Waals surface area (Å²) in [5.41, 5.74) is -0.868. The van der Waals surface area contributed by atoms with Gasteiger partial charge in [0.1, 0.15) is 30.3 Å². The standard InChI is InChI=1S/C26H33N3O6/c1-3-26(18-10-12-28(13-11-18)14-19-8-9-20(34-19)16-32-2)24(30)29(25(31)27-26)15-21-17-33-22-6-4-5-7-23(22)35-21/h4-9,18,21H,3,10-17H2,1-2H3,(H,27,31)/t21-,26-/m1/s1. The number of nitrogens with zero attached hydrogens (tertiary/aromatic N) is 2. The number of methoxy groups -OCH3 is 1. The van der Waals surface area contributed by atoms with Crippen molar-refractivity contribution in [1.82, 2.24) is 15.1 Å². The minimum atomic E-state index is -0.868. The minimum absolute atomic E-state index is 0.0788. The van der Waals surface area contributed by atoms with Crippen LogP contribution in [0.25, 0.3) is 0 Å². The number of hydrogen-bond acceptors (Lipinski definition) is 7. The van der Waals surface area contributed by atoms with E-state index in [1.807, 2.05) is 43.3 Å². The maximum atomic E-state index is 13.6. The van der Waals surface area contributed by atoms with E-state index in [4.69, 9.17) is 18.6 Å².